The van der Waals surface area contributed by atoms with Crippen molar-refractivity contribution in [1.29, 1.82) is 5.26 Å². The fraction of sp³-hybridized carbons (Fsp3) is 0.133. The van der Waals surface area contributed by atoms with Crippen LogP contribution in [0.3, 0.4) is 0 Å². The minimum absolute atomic E-state index is 0.236. The zero-order valence-electron chi connectivity index (χ0n) is 21.9. The molecule has 0 aliphatic heterocycles. The first-order valence-electron chi connectivity index (χ1n) is 12.5. The van der Waals surface area contributed by atoms with Crippen molar-refractivity contribution in [3.63, 3.8) is 0 Å². The summed E-state index contributed by atoms with van der Waals surface area (Å²) in [6.07, 6.45) is 0.565. The summed E-state index contributed by atoms with van der Waals surface area (Å²) in [5.41, 5.74) is 3.16. The Bertz CT molecular complexity index is 1550. The van der Waals surface area contributed by atoms with Crippen molar-refractivity contribution in [3.8, 4) is 6.07 Å². The van der Waals surface area contributed by atoms with E-state index >= 15 is 0 Å². The molecule has 4 N–H and O–H groups in total. The van der Waals surface area contributed by atoms with Crippen molar-refractivity contribution in [3.05, 3.63) is 101 Å². The highest BCUT2D eigenvalue weighted by atomic mass is 32.2. The Morgan fingerprint density at radius 1 is 0.900 bits per heavy atom. The Hall–Kier alpha value is -4.17. The molecule has 0 aliphatic rings. The lowest BCUT2D eigenvalue weighted by Crippen LogP contribution is -2.24. The standard InChI is InChI=1S/C30H27N5O2S3/c1-3-25(39-23-16-10-15-22(17-23)34-30(38)33-21-13-8-5-9-14-21)27(36)35-29-24(18-31)19(2)26(40-29)28(37)32-20-11-6-4-7-12-20/h4-17,25H,3H2,1-2H3,(H,32,37)(H,35,36)(H2,33,34,38). The molecule has 1 atom stereocenters. The molecule has 4 aromatic rings. The van der Waals surface area contributed by atoms with Crippen molar-refractivity contribution in [2.75, 3.05) is 21.3 Å². The van der Waals surface area contributed by atoms with Crippen molar-refractivity contribution >= 4 is 74.3 Å². The van der Waals surface area contributed by atoms with E-state index < -0.39 is 5.25 Å². The molecule has 0 aliphatic carbocycles. The first-order chi connectivity index (χ1) is 19.4. The van der Waals surface area contributed by atoms with Crippen LogP contribution in [0.5, 0.6) is 0 Å². The maximum Gasteiger partial charge on any atom is 0.266 e. The van der Waals surface area contributed by atoms with Crippen LogP contribution in [-0.2, 0) is 4.79 Å². The van der Waals surface area contributed by atoms with E-state index in [1.165, 1.54) is 11.8 Å². The fourth-order valence-electron chi connectivity index (χ4n) is 3.80. The molecule has 0 saturated heterocycles. The molecule has 0 bridgehead atoms. The Morgan fingerprint density at radius 3 is 2.12 bits per heavy atom. The molecule has 0 radical (unpaired) electrons. The highest BCUT2D eigenvalue weighted by Crippen LogP contribution is 2.35. The topological polar surface area (TPSA) is 106 Å². The van der Waals surface area contributed by atoms with Crippen LogP contribution >= 0.6 is 35.3 Å². The fourth-order valence-corrected chi connectivity index (χ4v) is 6.11. The van der Waals surface area contributed by atoms with E-state index in [1.54, 1.807) is 19.1 Å². The number of nitrogens with zero attached hydrogens (tertiary/aromatic N) is 1. The number of thioether (sulfide) groups is 1. The number of hydrogen-bond donors (Lipinski definition) is 4. The Morgan fingerprint density at radius 2 is 1.50 bits per heavy atom. The van der Waals surface area contributed by atoms with E-state index in [-0.39, 0.29) is 11.8 Å². The quantitative estimate of drug-likeness (QED) is 0.119. The van der Waals surface area contributed by atoms with Gasteiger partial charge in [0, 0.05) is 22.0 Å². The largest absolute Gasteiger partial charge is 0.332 e. The second-order valence-electron chi connectivity index (χ2n) is 8.67. The van der Waals surface area contributed by atoms with Gasteiger partial charge in [0.15, 0.2) is 5.11 Å². The molecule has 2 amide bonds. The molecule has 1 unspecified atom stereocenters. The van der Waals surface area contributed by atoms with Gasteiger partial charge in [-0.05, 0) is 73.6 Å². The first kappa shape index (κ1) is 28.8. The lowest BCUT2D eigenvalue weighted by molar-refractivity contribution is -0.115. The van der Waals surface area contributed by atoms with E-state index in [0.717, 1.165) is 27.6 Å². The molecule has 3 aromatic carbocycles. The minimum Gasteiger partial charge on any atom is -0.332 e. The van der Waals surface area contributed by atoms with E-state index in [2.05, 4.69) is 27.3 Å². The molecule has 10 heteroatoms. The van der Waals surface area contributed by atoms with Crippen LogP contribution in [0.25, 0.3) is 0 Å². The highest BCUT2D eigenvalue weighted by molar-refractivity contribution is 8.00. The number of anilines is 4. The molecule has 0 spiro atoms. The normalized spacial score (nSPS) is 11.1. The van der Waals surface area contributed by atoms with Crippen LogP contribution in [0.1, 0.15) is 34.1 Å². The van der Waals surface area contributed by atoms with Crippen molar-refractivity contribution < 1.29 is 9.59 Å². The summed E-state index contributed by atoms with van der Waals surface area (Å²) >= 11 is 7.95. The maximum absolute atomic E-state index is 13.3. The molecule has 1 heterocycles. The molecule has 4 rings (SSSR count). The Kier molecular flexibility index (Phi) is 9.91. The van der Waals surface area contributed by atoms with Gasteiger partial charge < -0.3 is 21.3 Å². The van der Waals surface area contributed by atoms with Crippen LogP contribution in [0.2, 0.25) is 0 Å². The van der Waals surface area contributed by atoms with Gasteiger partial charge in [-0.15, -0.1) is 23.1 Å². The number of hydrogen-bond acceptors (Lipinski definition) is 6. The number of carbonyl (C=O) groups excluding carboxylic acids is 2. The number of nitriles is 1. The molecular weight excluding hydrogens is 559 g/mol. The van der Waals surface area contributed by atoms with Crippen LogP contribution in [0.15, 0.2) is 89.8 Å². The van der Waals surface area contributed by atoms with Crippen molar-refractivity contribution in [1.82, 2.24) is 0 Å². The van der Waals surface area contributed by atoms with Gasteiger partial charge >= 0.3 is 0 Å². The number of benzene rings is 3. The average molecular weight is 586 g/mol. The van der Waals surface area contributed by atoms with Gasteiger partial charge in [0.1, 0.15) is 11.1 Å². The molecule has 202 valence electrons. The van der Waals surface area contributed by atoms with Gasteiger partial charge in [0.25, 0.3) is 5.91 Å². The second kappa shape index (κ2) is 13.8. The summed E-state index contributed by atoms with van der Waals surface area (Å²) in [6, 6.07) is 28.5. The van der Waals surface area contributed by atoms with Gasteiger partial charge in [-0.3, -0.25) is 9.59 Å². The molecule has 0 saturated carbocycles. The van der Waals surface area contributed by atoms with Crippen LogP contribution in [0, 0.1) is 18.3 Å². The van der Waals surface area contributed by atoms with Gasteiger partial charge in [-0.1, -0.05) is 49.4 Å². The van der Waals surface area contributed by atoms with Crippen molar-refractivity contribution in [2.45, 2.75) is 30.4 Å². The zero-order chi connectivity index (χ0) is 28.5. The van der Waals surface area contributed by atoms with Crippen LogP contribution < -0.4 is 21.3 Å². The SMILES string of the molecule is CCC(Sc1cccc(NC(=S)Nc2ccccc2)c1)C(=O)Nc1sc(C(=O)Nc2ccccc2)c(C)c1C#N. The van der Waals surface area contributed by atoms with Crippen LogP contribution in [-0.4, -0.2) is 22.2 Å². The molecule has 40 heavy (non-hydrogen) atoms. The summed E-state index contributed by atoms with van der Waals surface area (Å²) in [4.78, 5) is 27.5. The number of amides is 2. The van der Waals surface area contributed by atoms with Gasteiger partial charge in [-0.2, -0.15) is 5.26 Å². The number of carbonyl (C=O) groups is 2. The van der Waals surface area contributed by atoms with Crippen molar-refractivity contribution in [2.24, 2.45) is 0 Å². The maximum atomic E-state index is 13.3. The van der Waals surface area contributed by atoms with Gasteiger partial charge in [0.2, 0.25) is 5.91 Å². The zero-order valence-corrected chi connectivity index (χ0v) is 24.3. The third-order valence-electron chi connectivity index (χ3n) is 5.80. The summed E-state index contributed by atoms with van der Waals surface area (Å²) < 4.78 is 0. The molecule has 1 aromatic heterocycles. The predicted molar refractivity (Wildman–Crippen MR) is 169 cm³/mol. The number of nitrogens with one attached hydrogen (secondary N) is 4. The van der Waals surface area contributed by atoms with E-state index in [9.17, 15) is 14.9 Å². The first-order valence-corrected chi connectivity index (χ1v) is 14.6. The number of para-hydroxylation sites is 2. The van der Waals surface area contributed by atoms with E-state index in [4.69, 9.17) is 12.2 Å². The second-order valence-corrected chi connectivity index (χ2v) is 11.4. The smallest absolute Gasteiger partial charge is 0.266 e. The Labute approximate surface area is 247 Å². The van der Waals surface area contributed by atoms with Gasteiger partial charge in [-0.25, -0.2) is 0 Å². The monoisotopic (exact) mass is 585 g/mol. The van der Waals surface area contributed by atoms with E-state index in [0.29, 0.717) is 38.2 Å². The summed E-state index contributed by atoms with van der Waals surface area (Å²) in [7, 11) is 0. The molecule has 0 fully saturated rings. The van der Waals surface area contributed by atoms with Gasteiger partial charge in [0.05, 0.1) is 15.7 Å². The number of thiocarbonyl (C=S) groups is 1. The molecular formula is C30H27N5O2S3. The summed E-state index contributed by atoms with van der Waals surface area (Å²) in [6.45, 7) is 3.65. The summed E-state index contributed by atoms with van der Waals surface area (Å²) in [5.74, 6) is -0.559. The average Bonchev–Trinajstić information content (AvgIpc) is 3.27. The van der Waals surface area contributed by atoms with E-state index in [1.807, 2.05) is 79.7 Å². The number of rotatable bonds is 9. The lowest BCUT2D eigenvalue weighted by Gasteiger charge is -2.15. The third kappa shape index (κ3) is 7.48. The van der Waals surface area contributed by atoms with Crippen LogP contribution in [0.4, 0.5) is 22.1 Å². The highest BCUT2D eigenvalue weighted by Gasteiger charge is 2.25. The third-order valence-corrected chi connectivity index (χ3v) is 8.57. The molecule has 7 nitrogen and oxygen atoms in total. The lowest BCUT2D eigenvalue weighted by atomic mass is 10.1. The predicted octanol–water partition coefficient (Wildman–Crippen LogP) is 7.50. The number of thiophene rings is 1. The summed E-state index contributed by atoms with van der Waals surface area (Å²) in [5, 5.41) is 22.2. The minimum atomic E-state index is -0.416. The Balaban J connectivity index is 1.42.